The first-order valence-electron chi connectivity index (χ1n) is 6.41. The third kappa shape index (κ3) is 3.24. The third-order valence-corrected chi connectivity index (χ3v) is 3.36. The first-order valence-corrected chi connectivity index (χ1v) is 6.41. The number of hydrogen-bond acceptors (Lipinski definition) is 2. The highest BCUT2D eigenvalue weighted by molar-refractivity contribution is 5.83. The number of carboxylic acids is 1. The summed E-state index contributed by atoms with van der Waals surface area (Å²) in [4.78, 5) is 24.4. The maximum absolute atomic E-state index is 12.0. The summed E-state index contributed by atoms with van der Waals surface area (Å²) in [5, 5.41) is 11.8. The van der Waals surface area contributed by atoms with Gasteiger partial charge in [-0.1, -0.05) is 29.8 Å². The van der Waals surface area contributed by atoms with Gasteiger partial charge in [0.25, 0.3) is 0 Å². The minimum Gasteiger partial charge on any atom is -0.480 e. The zero-order valence-corrected chi connectivity index (χ0v) is 10.9. The van der Waals surface area contributed by atoms with E-state index in [0.29, 0.717) is 19.5 Å². The maximum Gasteiger partial charge on any atom is 0.326 e. The van der Waals surface area contributed by atoms with Gasteiger partial charge in [0, 0.05) is 13.1 Å². The van der Waals surface area contributed by atoms with Crippen LogP contribution in [0.15, 0.2) is 24.3 Å². The second-order valence-electron chi connectivity index (χ2n) is 4.83. The van der Waals surface area contributed by atoms with Crippen molar-refractivity contribution in [1.29, 1.82) is 0 Å². The lowest BCUT2D eigenvalue weighted by molar-refractivity contribution is -0.141. The van der Waals surface area contributed by atoms with E-state index in [1.807, 2.05) is 31.2 Å². The summed E-state index contributed by atoms with van der Waals surface area (Å²) in [6.45, 7) is 2.93. The summed E-state index contributed by atoms with van der Waals surface area (Å²) in [5.41, 5.74) is 2.17. The van der Waals surface area contributed by atoms with Gasteiger partial charge in [-0.25, -0.2) is 9.59 Å². The molecule has 1 aliphatic heterocycles. The van der Waals surface area contributed by atoms with Crippen LogP contribution in [0.4, 0.5) is 4.79 Å². The van der Waals surface area contributed by atoms with Gasteiger partial charge in [0.2, 0.25) is 0 Å². The SMILES string of the molecule is Cc1ccc(CNC(=O)N2CCCC2C(=O)O)cc1. The van der Waals surface area contributed by atoms with Crippen LogP contribution in [0.25, 0.3) is 0 Å². The molecular weight excluding hydrogens is 244 g/mol. The lowest BCUT2D eigenvalue weighted by atomic mass is 10.1. The molecule has 0 spiro atoms. The van der Waals surface area contributed by atoms with Crippen molar-refractivity contribution in [1.82, 2.24) is 10.2 Å². The van der Waals surface area contributed by atoms with Crippen LogP contribution in [0.2, 0.25) is 0 Å². The summed E-state index contributed by atoms with van der Waals surface area (Å²) in [7, 11) is 0. The molecule has 1 aromatic rings. The van der Waals surface area contributed by atoms with Crippen molar-refractivity contribution >= 4 is 12.0 Å². The number of benzene rings is 1. The Morgan fingerprint density at radius 3 is 2.68 bits per heavy atom. The molecule has 0 saturated carbocycles. The molecule has 2 rings (SSSR count). The highest BCUT2D eigenvalue weighted by atomic mass is 16.4. The molecule has 102 valence electrons. The highest BCUT2D eigenvalue weighted by Gasteiger charge is 2.33. The Morgan fingerprint density at radius 1 is 1.37 bits per heavy atom. The summed E-state index contributed by atoms with van der Waals surface area (Å²) < 4.78 is 0. The van der Waals surface area contributed by atoms with Crippen LogP contribution in [0.1, 0.15) is 24.0 Å². The van der Waals surface area contributed by atoms with E-state index in [1.165, 1.54) is 10.5 Å². The van der Waals surface area contributed by atoms with Gasteiger partial charge < -0.3 is 15.3 Å². The van der Waals surface area contributed by atoms with Crippen molar-refractivity contribution < 1.29 is 14.7 Å². The Bertz CT molecular complexity index is 470. The van der Waals surface area contributed by atoms with Crippen molar-refractivity contribution in [3.05, 3.63) is 35.4 Å². The zero-order chi connectivity index (χ0) is 13.8. The Balaban J connectivity index is 1.90. The zero-order valence-electron chi connectivity index (χ0n) is 10.9. The Labute approximate surface area is 112 Å². The molecular formula is C14H18N2O3. The summed E-state index contributed by atoms with van der Waals surface area (Å²) >= 11 is 0. The number of carboxylic acid groups (broad SMARTS) is 1. The Morgan fingerprint density at radius 2 is 2.05 bits per heavy atom. The van der Waals surface area contributed by atoms with Gasteiger partial charge in [-0.15, -0.1) is 0 Å². The van der Waals surface area contributed by atoms with E-state index in [1.54, 1.807) is 0 Å². The first kappa shape index (κ1) is 13.4. The molecule has 1 heterocycles. The fourth-order valence-corrected chi connectivity index (χ4v) is 2.25. The molecule has 1 atom stereocenters. The van der Waals surface area contributed by atoms with Gasteiger partial charge in [-0.05, 0) is 25.3 Å². The molecule has 1 unspecified atom stereocenters. The van der Waals surface area contributed by atoms with E-state index in [-0.39, 0.29) is 6.03 Å². The lowest BCUT2D eigenvalue weighted by Gasteiger charge is -2.21. The quantitative estimate of drug-likeness (QED) is 0.872. The van der Waals surface area contributed by atoms with Gasteiger partial charge in [0.15, 0.2) is 0 Å². The monoisotopic (exact) mass is 262 g/mol. The largest absolute Gasteiger partial charge is 0.480 e. The average Bonchev–Trinajstić information content (AvgIpc) is 2.87. The summed E-state index contributed by atoms with van der Waals surface area (Å²) in [6, 6.07) is 6.89. The molecule has 1 aliphatic rings. The molecule has 0 aromatic heterocycles. The number of carbonyl (C=O) groups is 2. The van der Waals surface area contributed by atoms with Crippen LogP contribution in [0.3, 0.4) is 0 Å². The van der Waals surface area contributed by atoms with Gasteiger partial charge in [0.1, 0.15) is 6.04 Å². The van der Waals surface area contributed by atoms with Crippen LogP contribution in [-0.2, 0) is 11.3 Å². The van der Waals surface area contributed by atoms with Crippen molar-refractivity contribution in [3.63, 3.8) is 0 Å². The van der Waals surface area contributed by atoms with E-state index in [2.05, 4.69) is 5.32 Å². The van der Waals surface area contributed by atoms with Crippen LogP contribution < -0.4 is 5.32 Å². The van der Waals surface area contributed by atoms with Crippen molar-refractivity contribution in [2.75, 3.05) is 6.54 Å². The van der Waals surface area contributed by atoms with E-state index in [9.17, 15) is 9.59 Å². The number of urea groups is 1. The van der Waals surface area contributed by atoms with Crippen LogP contribution in [0.5, 0.6) is 0 Å². The number of amides is 2. The van der Waals surface area contributed by atoms with E-state index < -0.39 is 12.0 Å². The maximum atomic E-state index is 12.0. The Kier molecular flexibility index (Phi) is 4.04. The fourth-order valence-electron chi connectivity index (χ4n) is 2.25. The molecule has 5 nitrogen and oxygen atoms in total. The Hall–Kier alpha value is -2.04. The number of nitrogens with zero attached hydrogens (tertiary/aromatic N) is 1. The van der Waals surface area contributed by atoms with E-state index >= 15 is 0 Å². The van der Waals surface area contributed by atoms with Gasteiger partial charge in [-0.3, -0.25) is 0 Å². The molecule has 1 fully saturated rings. The van der Waals surface area contributed by atoms with Gasteiger partial charge in [-0.2, -0.15) is 0 Å². The molecule has 0 bridgehead atoms. The third-order valence-electron chi connectivity index (χ3n) is 3.36. The van der Waals surface area contributed by atoms with Crippen LogP contribution in [0, 0.1) is 6.92 Å². The summed E-state index contributed by atoms with van der Waals surface area (Å²) in [5.74, 6) is -0.928. The minimum absolute atomic E-state index is 0.300. The predicted octanol–water partition coefficient (Wildman–Crippen LogP) is 1.75. The molecule has 2 amide bonds. The summed E-state index contributed by atoms with van der Waals surface area (Å²) in [6.07, 6.45) is 1.28. The number of aryl methyl sites for hydroxylation is 1. The van der Waals surface area contributed by atoms with E-state index in [0.717, 1.165) is 12.0 Å². The molecule has 0 radical (unpaired) electrons. The van der Waals surface area contributed by atoms with Crippen molar-refractivity contribution in [2.24, 2.45) is 0 Å². The van der Waals surface area contributed by atoms with Crippen molar-refractivity contribution in [2.45, 2.75) is 32.4 Å². The normalized spacial score (nSPS) is 18.4. The molecule has 19 heavy (non-hydrogen) atoms. The van der Waals surface area contributed by atoms with Gasteiger partial charge >= 0.3 is 12.0 Å². The van der Waals surface area contributed by atoms with Crippen LogP contribution >= 0.6 is 0 Å². The molecule has 5 heteroatoms. The standard InChI is InChI=1S/C14H18N2O3/c1-10-4-6-11(7-5-10)9-15-14(19)16-8-2-3-12(16)13(17)18/h4-7,12H,2-3,8-9H2,1H3,(H,15,19)(H,17,18). The van der Waals surface area contributed by atoms with Crippen molar-refractivity contribution in [3.8, 4) is 0 Å². The predicted molar refractivity (Wildman–Crippen MR) is 70.8 cm³/mol. The number of nitrogens with one attached hydrogen (secondary N) is 1. The first-order chi connectivity index (χ1) is 9.08. The number of carbonyl (C=O) groups excluding carboxylic acids is 1. The van der Waals surface area contributed by atoms with E-state index in [4.69, 9.17) is 5.11 Å². The topological polar surface area (TPSA) is 69.6 Å². The second kappa shape index (κ2) is 5.73. The average molecular weight is 262 g/mol. The molecule has 1 saturated heterocycles. The molecule has 1 aromatic carbocycles. The fraction of sp³-hybridized carbons (Fsp3) is 0.429. The molecule has 2 N–H and O–H groups in total. The number of likely N-dealkylation sites (tertiary alicyclic amines) is 1. The lowest BCUT2D eigenvalue weighted by Crippen LogP contribution is -2.45. The molecule has 0 aliphatic carbocycles. The number of hydrogen-bond donors (Lipinski definition) is 2. The minimum atomic E-state index is -0.928. The number of rotatable bonds is 3. The smallest absolute Gasteiger partial charge is 0.326 e. The van der Waals surface area contributed by atoms with Gasteiger partial charge in [0.05, 0.1) is 0 Å². The number of aliphatic carboxylic acids is 1. The second-order valence-corrected chi connectivity index (χ2v) is 4.83. The van der Waals surface area contributed by atoms with Crippen LogP contribution in [-0.4, -0.2) is 34.6 Å². The highest BCUT2D eigenvalue weighted by Crippen LogP contribution is 2.17.